The van der Waals surface area contributed by atoms with Crippen LogP contribution < -0.4 is 0 Å². The Bertz CT molecular complexity index is 199. The molecule has 0 aromatic carbocycles. The van der Waals surface area contributed by atoms with Crippen LogP contribution in [0.25, 0.3) is 0 Å². The third-order valence-corrected chi connectivity index (χ3v) is 4.60. The van der Waals surface area contributed by atoms with E-state index in [1.54, 1.807) is 0 Å². The molecule has 0 amide bonds. The molecule has 0 aromatic heterocycles. The zero-order valence-electron chi connectivity index (χ0n) is 9.18. The van der Waals surface area contributed by atoms with E-state index in [4.69, 9.17) is 4.74 Å². The van der Waals surface area contributed by atoms with Crippen LogP contribution in [0.3, 0.4) is 0 Å². The molecule has 14 heavy (non-hydrogen) atoms. The summed E-state index contributed by atoms with van der Waals surface area (Å²) in [6.45, 7) is 8.70. The highest BCUT2D eigenvalue weighted by Gasteiger charge is 2.16. The van der Waals surface area contributed by atoms with Gasteiger partial charge in [-0.3, -0.25) is 0 Å². The molecule has 2 nitrogen and oxygen atoms in total. The van der Waals surface area contributed by atoms with Crippen molar-refractivity contribution in [3.63, 3.8) is 0 Å². The van der Waals surface area contributed by atoms with Crippen molar-refractivity contribution in [2.45, 2.75) is 45.0 Å². The first-order valence-corrected chi connectivity index (χ1v) is 10.3. The number of rotatable bonds is 6. The van der Waals surface area contributed by atoms with Gasteiger partial charge in [0.25, 0.3) is 0 Å². The summed E-state index contributed by atoms with van der Waals surface area (Å²) >= 11 is 3.71. The monoisotopic (exact) mass is 278 g/mol. The lowest BCUT2D eigenvalue weighted by molar-refractivity contribution is -0.142. The van der Waals surface area contributed by atoms with Gasteiger partial charge in [0.2, 0.25) is 0 Å². The number of hydrogen-bond acceptors (Lipinski definition) is 2. The average Bonchev–Trinajstić information content (AvgIpc) is 2.01. The topological polar surface area (TPSA) is 26.3 Å². The van der Waals surface area contributed by atoms with E-state index in [0.717, 1.165) is 12.8 Å². The van der Waals surface area contributed by atoms with Crippen LogP contribution in [0, 0.1) is 0 Å². The summed E-state index contributed by atoms with van der Waals surface area (Å²) in [6, 6.07) is 1.21. The van der Waals surface area contributed by atoms with Crippen molar-refractivity contribution in [3.05, 3.63) is 12.7 Å². The molecular formula is C10H19BrO2Si. The molecule has 0 aliphatic rings. The summed E-state index contributed by atoms with van der Waals surface area (Å²) in [7, 11) is 0. The summed E-state index contributed by atoms with van der Waals surface area (Å²) in [5, 5.41) is 0. The summed E-state index contributed by atoms with van der Waals surface area (Å²) < 4.78 is 5.06. The molecule has 0 saturated carbocycles. The van der Waals surface area contributed by atoms with Crippen LogP contribution in [-0.2, 0) is 9.53 Å². The lowest BCUT2D eigenvalue weighted by Gasteiger charge is -2.15. The molecule has 1 unspecified atom stereocenters. The molecule has 0 N–H and O–H groups in total. The summed E-state index contributed by atoms with van der Waals surface area (Å²) in [5.41, 5.74) is 0. The minimum Gasteiger partial charge on any atom is -0.460 e. The Labute approximate surface area is 95.3 Å². The number of carbonyl (C=O) groups excluding carboxylic acids is 1. The summed E-state index contributed by atoms with van der Waals surface area (Å²) in [6.07, 6.45) is 3.25. The molecule has 0 aliphatic carbocycles. The van der Waals surface area contributed by atoms with Crippen LogP contribution in [-0.4, -0.2) is 18.8 Å². The summed E-state index contributed by atoms with van der Waals surface area (Å²) in [4.78, 5) is 10.8. The second-order valence-corrected chi connectivity index (χ2v) is 14.4. The number of halogens is 1. The Hall–Kier alpha value is -0.0931. The molecule has 0 heterocycles. The maximum Gasteiger partial charge on any atom is 0.330 e. The second-order valence-electron chi connectivity index (χ2n) is 4.06. The maximum atomic E-state index is 10.8. The van der Waals surface area contributed by atoms with Crippen LogP contribution in [0.4, 0.5) is 0 Å². The zero-order valence-corrected chi connectivity index (χ0v) is 11.8. The number of ether oxygens (including phenoxy) is 1. The molecule has 0 radical (unpaired) electrons. The van der Waals surface area contributed by atoms with E-state index in [0.29, 0.717) is 0 Å². The Balaban J connectivity index is 3.59. The molecule has 4 heteroatoms. The molecule has 0 aliphatic heterocycles. The highest BCUT2D eigenvalue weighted by molar-refractivity contribution is 9.26. The normalized spacial score (nSPS) is 13.4. The smallest absolute Gasteiger partial charge is 0.330 e. The third-order valence-electron chi connectivity index (χ3n) is 1.87. The molecule has 0 bridgehead atoms. The van der Waals surface area contributed by atoms with Crippen LogP contribution in [0.5, 0.6) is 0 Å². The standard InChI is InChI=1S/C10H19BrO2Si/c1-5-10(12)13-9(2)7-6-8-14(3,4)11/h5,9H,1,6-8H2,2-4H3. The van der Waals surface area contributed by atoms with Crippen molar-refractivity contribution in [1.29, 1.82) is 0 Å². The third kappa shape index (κ3) is 8.50. The predicted octanol–water partition coefficient (Wildman–Crippen LogP) is 3.48. The van der Waals surface area contributed by atoms with Gasteiger partial charge in [0.15, 0.2) is 0 Å². The summed E-state index contributed by atoms with van der Waals surface area (Å²) in [5.74, 6) is -0.326. The van der Waals surface area contributed by atoms with Gasteiger partial charge in [-0.15, -0.1) is 15.3 Å². The fourth-order valence-electron chi connectivity index (χ4n) is 1.12. The first kappa shape index (κ1) is 13.9. The van der Waals surface area contributed by atoms with Gasteiger partial charge in [0.05, 0.1) is 6.10 Å². The van der Waals surface area contributed by atoms with E-state index < -0.39 is 6.69 Å². The van der Waals surface area contributed by atoms with Crippen LogP contribution in [0.15, 0.2) is 12.7 Å². The molecule has 0 spiro atoms. The van der Waals surface area contributed by atoms with Gasteiger partial charge in [0, 0.05) is 6.08 Å². The average molecular weight is 279 g/mol. The molecule has 82 valence electrons. The molecule has 0 aromatic rings. The van der Waals surface area contributed by atoms with Gasteiger partial charge >= 0.3 is 5.97 Å². The quantitative estimate of drug-likeness (QED) is 0.322. The second kappa shape index (κ2) is 6.40. The number of carbonyl (C=O) groups is 1. The lowest BCUT2D eigenvalue weighted by atomic mass is 10.2. The van der Waals surface area contributed by atoms with E-state index >= 15 is 0 Å². The maximum absolute atomic E-state index is 10.8. The van der Waals surface area contributed by atoms with Crippen molar-refractivity contribution in [1.82, 2.24) is 0 Å². The largest absolute Gasteiger partial charge is 0.460 e. The Morgan fingerprint density at radius 1 is 1.64 bits per heavy atom. The van der Waals surface area contributed by atoms with Crippen molar-refractivity contribution < 1.29 is 9.53 Å². The van der Waals surface area contributed by atoms with Crippen LogP contribution in [0.1, 0.15) is 19.8 Å². The van der Waals surface area contributed by atoms with E-state index in [2.05, 4.69) is 35.0 Å². The number of esters is 1. The van der Waals surface area contributed by atoms with Crippen LogP contribution in [0.2, 0.25) is 19.1 Å². The molecular weight excluding hydrogens is 260 g/mol. The Morgan fingerprint density at radius 3 is 2.64 bits per heavy atom. The van der Waals surface area contributed by atoms with Crippen molar-refractivity contribution in [3.8, 4) is 0 Å². The van der Waals surface area contributed by atoms with Gasteiger partial charge in [-0.2, -0.15) is 0 Å². The SMILES string of the molecule is C=CC(=O)OC(C)CCC[Si](C)(C)Br. The van der Waals surface area contributed by atoms with Gasteiger partial charge in [0.1, 0.15) is 6.69 Å². The van der Waals surface area contributed by atoms with Crippen molar-refractivity contribution in [2.24, 2.45) is 0 Å². The minimum absolute atomic E-state index is 0.00403. The predicted molar refractivity (Wildman–Crippen MR) is 66.2 cm³/mol. The highest BCUT2D eigenvalue weighted by Crippen LogP contribution is 2.20. The highest BCUT2D eigenvalue weighted by atomic mass is 79.9. The minimum atomic E-state index is -1.12. The van der Waals surface area contributed by atoms with Gasteiger partial charge < -0.3 is 4.74 Å². The molecule has 0 rings (SSSR count). The van der Waals surface area contributed by atoms with Gasteiger partial charge in [-0.1, -0.05) is 26.1 Å². The fourth-order valence-corrected chi connectivity index (χ4v) is 3.00. The number of hydrogen-bond donors (Lipinski definition) is 0. The van der Waals surface area contributed by atoms with Crippen molar-refractivity contribution >= 4 is 28.0 Å². The molecule has 0 saturated heterocycles. The Morgan fingerprint density at radius 2 is 2.21 bits per heavy atom. The van der Waals surface area contributed by atoms with E-state index in [-0.39, 0.29) is 12.1 Å². The zero-order chi connectivity index (χ0) is 11.2. The molecule has 0 fully saturated rings. The van der Waals surface area contributed by atoms with E-state index in [1.165, 1.54) is 12.1 Å². The van der Waals surface area contributed by atoms with E-state index in [1.807, 2.05) is 6.92 Å². The first-order chi connectivity index (χ1) is 6.35. The Kier molecular flexibility index (Phi) is 6.36. The van der Waals surface area contributed by atoms with Gasteiger partial charge in [-0.25, -0.2) is 4.79 Å². The first-order valence-electron chi connectivity index (χ1n) is 4.87. The van der Waals surface area contributed by atoms with Gasteiger partial charge in [-0.05, 0) is 19.4 Å². The van der Waals surface area contributed by atoms with Crippen LogP contribution >= 0.6 is 15.3 Å². The fraction of sp³-hybridized carbons (Fsp3) is 0.700. The van der Waals surface area contributed by atoms with Crippen molar-refractivity contribution in [2.75, 3.05) is 0 Å². The lowest BCUT2D eigenvalue weighted by Crippen LogP contribution is -2.17. The van der Waals surface area contributed by atoms with E-state index in [9.17, 15) is 4.79 Å². The molecule has 1 atom stereocenters.